The zero-order valence-corrected chi connectivity index (χ0v) is 13.3. The summed E-state index contributed by atoms with van der Waals surface area (Å²) < 4.78 is 32.7. The van der Waals surface area contributed by atoms with Gasteiger partial charge in [0, 0.05) is 25.7 Å². The second kappa shape index (κ2) is 8.08. The van der Waals surface area contributed by atoms with E-state index in [1.54, 1.807) is 24.3 Å². The Kier molecular flexibility index (Phi) is 6.75. The maximum atomic E-state index is 12.1. The molecule has 0 aromatic heterocycles. The van der Waals surface area contributed by atoms with Crippen LogP contribution in [0.5, 0.6) is 5.75 Å². The summed E-state index contributed by atoms with van der Waals surface area (Å²) in [6, 6.07) is 5.90. The third-order valence-corrected chi connectivity index (χ3v) is 4.65. The number of carboxylic acid groups (broad SMARTS) is 1. The minimum absolute atomic E-state index is 0.00535. The molecular weight excluding hydrogens is 310 g/mol. The molecule has 1 atom stereocenters. The van der Waals surface area contributed by atoms with Gasteiger partial charge in [0.05, 0.1) is 7.11 Å². The lowest BCUT2D eigenvalue weighted by atomic mass is 10.2. The van der Waals surface area contributed by atoms with Gasteiger partial charge in [-0.15, -0.1) is 0 Å². The molecule has 0 heterocycles. The first-order chi connectivity index (χ1) is 10.3. The van der Waals surface area contributed by atoms with Gasteiger partial charge in [-0.1, -0.05) is 18.2 Å². The van der Waals surface area contributed by atoms with E-state index in [0.29, 0.717) is 11.3 Å². The van der Waals surface area contributed by atoms with E-state index in [1.807, 2.05) is 0 Å². The Morgan fingerprint density at radius 2 is 2.09 bits per heavy atom. The van der Waals surface area contributed by atoms with Crippen LogP contribution < -0.4 is 15.2 Å². The number of benzene rings is 1. The molecule has 124 valence electrons. The molecule has 1 unspecified atom stereocenters. The van der Waals surface area contributed by atoms with Gasteiger partial charge in [0.25, 0.3) is 10.2 Å². The standard InChI is InChI=1S/C13H21N3O5S/c1-15-22(19,20)16(8-7-11(14)13(17)18)9-10-5-3-4-6-12(10)21-2/h3-6,11,15H,7-9,14H2,1-2H3,(H,17,18). The van der Waals surface area contributed by atoms with Crippen molar-refractivity contribution in [1.29, 1.82) is 0 Å². The first kappa shape index (κ1) is 18.4. The van der Waals surface area contributed by atoms with Crippen molar-refractivity contribution in [2.24, 2.45) is 5.73 Å². The molecule has 0 saturated heterocycles. The first-order valence-electron chi connectivity index (χ1n) is 6.60. The predicted octanol–water partition coefficient (Wildman–Crippen LogP) is -0.237. The lowest BCUT2D eigenvalue weighted by Gasteiger charge is -2.23. The zero-order chi connectivity index (χ0) is 16.8. The van der Waals surface area contributed by atoms with Crippen molar-refractivity contribution < 1.29 is 23.1 Å². The zero-order valence-electron chi connectivity index (χ0n) is 12.5. The Balaban J connectivity index is 2.94. The monoisotopic (exact) mass is 331 g/mol. The smallest absolute Gasteiger partial charge is 0.320 e. The molecule has 9 heteroatoms. The van der Waals surface area contributed by atoms with Crippen molar-refractivity contribution in [3.05, 3.63) is 29.8 Å². The Morgan fingerprint density at radius 3 is 2.64 bits per heavy atom. The van der Waals surface area contributed by atoms with Gasteiger partial charge in [0.2, 0.25) is 0 Å². The van der Waals surface area contributed by atoms with Crippen LogP contribution in [0.3, 0.4) is 0 Å². The Hall–Kier alpha value is -1.68. The molecule has 22 heavy (non-hydrogen) atoms. The largest absolute Gasteiger partial charge is 0.496 e. The Labute approximate surface area is 130 Å². The van der Waals surface area contributed by atoms with E-state index < -0.39 is 22.2 Å². The molecular formula is C13H21N3O5S. The fraction of sp³-hybridized carbons (Fsp3) is 0.462. The summed E-state index contributed by atoms with van der Waals surface area (Å²) in [5, 5.41) is 8.80. The lowest BCUT2D eigenvalue weighted by Crippen LogP contribution is -2.42. The molecule has 0 bridgehead atoms. The molecule has 0 radical (unpaired) electrons. The highest BCUT2D eigenvalue weighted by Crippen LogP contribution is 2.20. The third-order valence-electron chi connectivity index (χ3n) is 3.14. The number of nitrogens with zero attached hydrogens (tertiary/aromatic N) is 1. The van der Waals surface area contributed by atoms with E-state index in [-0.39, 0.29) is 19.5 Å². The molecule has 0 spiro atoms. The van der Waals surface area contributed by atoms with Crippen LogP contribution in [0, 0.1) is 0 Å². The summed E-state index contributed by atoms with van der Waals surface area (Å²) in [7, 11) is -0.936. The van der Waals surface area contributed by atoms with E-state index in [0.717, 1.165) is 4.31 Å². The average molecular weight is 331 g/mol. The molecule has 8 nitrogen and oxygen atoms in total. The number of para-hydroxylation sites is 1. The third kappa shape index (κ3) is 4.95. The number of carbonyl (C=O) groups is 1. The number of rotatable bonds is 9. The summed E-state index contributed by atoms with van der Waals surface area (Å²) in [4.78, 5) is 10.8. The number of ether oxygens (including phenoxy) is 1. The second-order valence-corrected chi connectivity index (χ2v) is 6.46. The van der Waals surface area contributed by atoms with Crippen molar-refractivity contribution in [3.8, 4) is 5.75 Å². The second-order valence-electron chi connectivity index (χ2n) is 4.59. The van der Waals surface area contributed by atoms with Gasteiger partial charge in [0.1, 0.15) is 11.8 Å². The average Bonchev–Trinajstić information content (AvgIpc) is 2.50. The molecule has 0 aliphatic carbocycles. The normalized spacial score (nSPS) is 13.1. The topological polar surface area (TPSA) is 122 Å². The van der Waals surface area contributed by atoms with Crippen molar-refractivity contribution in [2.45, 2.75) is 19.0 Å². The molecule has 0 aliphatic heterocycles. The van der Waals surface area contributed by atoms with E-state index in [4.69, 9.17) is 15.6 Å². The van der Waals surface area contributed by atoms with Gasteiger partial charge < -0.3 is 15.6 Å². The minimum atomic E-state index is -3.73. The van der Waals surface area contributed by atoms with Crippen molar-refractivity contribution in [3.63, 3.8) is 0 Å². The van der Waals surface area contributed by atoms with Crippen LogP contribution in [0.4, 0.5) is 0 Å². The number of nitrogens with one attached hydrogen (secondary N) is 1. The van der Waals surface area contributed by atoms with E-state index in [9.17, 15) is 13.2 Å². The van der Waals surface area contributed by atoms with Crippen LogP contribution in [0.1, 0.15) is 12.0 Å². The van der Waals surface area contributed by atoms with Gasteiger partial charge in [-0.05, 0) is 12.5 Å². The summed E-state index contributed by atoms with van der Waals surface area (Å²) in [6.45, 7) is 0.0359. The molecule has 4 N–H and O–H groups in total. The van der Waals surface area contributed by atoms with E-state index in [2.05, 4.69) is 4.72 Å². The molecule has 1 aromatic carbocycles. The van der Waals surface area contributed by atoms with Crippen LogP contribution in [-0.2, 0) is 21.5 Å². The summed E-state index contributed by atoms with van der Waals surface area (Å²) >= 11 is 0. The summed E-state index contributed by atoms with van der Waals surface area (Å²) in [6.07, 6.45) is 0.00535. The fourth-order valence-electron chi connectivity index (χ4n) is 1.84. The van der Waals surface area contributed by atoms with Gasteiger partial charge in [-0.3, -0.25) is 4.79 Å². The van der Waals surface area contributed by atoms with Gasteiger partial charge in [0.15, 0.2) is 0 Å². The Bertz CT molecular complexity index is 605. The molecule has 0 amide bonds. The molecule has 0 aliphatic rings. The number of carboxylic acids is 1. The number of nitrogens with two attached hydrogens (primary N) is 1. The van der Waals surface area contributed by atoms with Gasteiger partial charge in [-0.25, -0.2) is 4.72 Å². The predicted molar refractivity (Wildman–Crippen MR) is 81.6 cm³/mol. The quantitative estimate of drug-likeness (QED) is 0.574. The summed E-state index contributed by atoms with van der Waals surface area (Å²) in [5.74, 6) is -0.611. The first-order valence-corrected chi connectivity index (χ1v) is 8.04. The van der Waals surface area contributed by atoms with Gasteiger partial charge in [-0.2, -0.15) is 12.7 Å². The van der Waals surface area contributed by atoms with Crippen molar-refractivity contribution in [2.75, 3.05) is 20.7 Å². The van der Waals surface area contributed by atoms with Crippen molar-refractivity contribution in [1.82, 2.24) is 9.03 Å². The van der Waals surface area contributed by atoms with Crippen LogP contribution >= 0.6 is 0 Å². The number of hydrogen-bond donors (Lipinski definition) is 3. The highest BCUT2D eigenvalue weighted by atomic mass is 32.2. The molecule has 0 fully saturated rings. The number of methoxy groups -OCH3 is 1. The minimum Gasteiger partial charge on any atom is -0.496 e. The molecule has 0 saturated carbocycles. The number of aliphatic carboxylic acids is 1. The lowest BCUT2D eigenvalue weighted by molar-refractivity contribution is -0.138. The highest BCUT2D eigenvalue weighted by molar-refractivity contribution is 7.87. The van der Waals surface area contributed by atoms with Crippen LogP contribution in [-0.4, -0.2) is 50.5 Å². The van der Waals surface area contributed by atoms with Crippen LogP contribution in [0.2, 0.25) is 0 Å². The van der Waals surface area contributed by atoms with Crippen LogP contribution in [0.25, 0.3) is 0 Å². The fourth-order valence-corrected chi connectivity index (χ4v) is 2.76. The van der Waals surface area contributed by atoms with Gasteiger partial charge >= 0.3 is 5.97 Å². The van der Waals surface area contributed by atoms with E-state index >= 15 is 0 Å². The van der Waals surface area contributed by atoms with E-state index in [1.165, 1.54) is 14.2 Å². The summed E-state index contributed by atoms with van der Waals surface area (Å²) in [5.41, 5.74) is 6.11. The van der Waals surface area contributed by atoms with Crippen molar-refractivity contribution >= 4 is 16.2 Å². The maximum absolute atomic E-state index is 12.1. The number of hydrogen-bond acceptors (Lipinski definition) is 5. The molecule has 1 aromatic rings. The Morgan fingerprint density at radius 1 is 1.45 bits per heavy atom. The molecule has 1 rings (SSSR count). The highest BCUT2D eigenvalue weighted by Gasteiger charge is 2.23. The SMILES string of the molecule is CNS(=O)(=O)N(CCC(N)C(=O)O)Cc1ccccc1OC. The maximum Gasteiger partial charge on any atom is 0.320 e. The van der Waals surface area contributed by atoms with Crippen LogP contribution in [0.15, 0.2) is 24.3 Å².